The van der Waals surface area contributed by atoms with Crippen molar-refractivity contribution in [3.8, 4) is 0 Å². The zero-order chi connectivity index (χ0) is 12.4. The predicted octanol–water partition coefficient (Wildman–Crippen LogP) is 1.38. The Kier molecular flexibility index (Phi) is 3.28. The second kappa shape index (κ2) is 4.70. The van der Waals surface area contributed by atoms with Crippen LogP contribution in [0.5, 0.6) is 0 Å². The molecule has 0 aliphatic rings. The van der Waals surface area contributed by atoms with Crippen LogP contribution in [0.3, 0.4) is 0 Å². The highest BCUT2D eigenvalue weighted by atomic mass is 32.2. The minimum absolute atomic E-state index is 0.543. The van der Waals surface area contributed by atoms with Crippen LogP contribution < -0.4 is 0 Å². The van der Waals surface area contributed by atoms with Crippen LogP contribution in [0.2, 0.25) is 0 Å². The van der Waals surface area contributed by atoms with Crippen LogP contribution in [-0.2, 0) is 0 Å². The van der Waals surface area contributed by atoms with Gasteiger partial charge in [-0.1, -0.05) is 11.8 Å². The number of fused-ring (bicyclic) bond motifs is 1. The molecule has 0 radical (unpaired) electrons. The van der Waals surface area contributed by atoms with E-state index < -0.39 is 0 Å². The topological polar surface area (TPSA) is 58.7 Å². The van der Waals surface area contributed by atoms with Gasteiger partial charge in [0.1, 0.15) is 0 Å². The number of nitrogens with zero attached hydrogens (tertiary/aromatic N) is 6. The maximum atomic E-state index is 4.37. The van der Waals surface area contributed by atoms with Crippen molar-refractivity contribution in [2.75, 3.05) is 20.4 Å². The number of aliphatic imine (C=N–C) groups is 1. The first-order chi connectivity index (χ1) is 8.10. The van der Waals surface area contributed by atoms with Gasteiger partial charge in [0.15, 0.2) is 10.8 Å². The molecule has 6 nitrogen and oxygen atoms in total. The summed E-state index contributed by atoms with van der Waals surface area (Å²) in [5.74, 6) is 0.543. The molecule has 0 saturated heterocycles. The number of aromatic nitrogens is 4. The molecule has 2 heterocycles. The molecule has 7 heteroatoms. The van der Waals surface area contributed by atoms with Gasteiger partial charge in [-0.25, -0.2) is 9.98 Å². The van der Waals surface area contributed by atoms with Gasteiger partial charge >= 0.3 is 0 Å². The lowest BCUT2D eigenvalue weighted by Crippen LogP contribution is -2.08. The van der Waals surface area contributed by atoms with Crippen LogP contribution in [0.25, 0.3) is 5.65 Å². The van der Waals surface area contributed by atoms with Crippen molar-refractivity contribution >= 4 is 29.7 Å². The van der Waals surface area contributed by atoms with Gasteiger partial charge in [0.2, 0.25) is 0 Å². The number of aryl methyl sites for hydroxylation is 1. The molecule has 2 aromatic heterocycles. The van der Waals surface area contributed by atoms with Crippen molar-refractivity contribution in [2.24, 2.45) is 4.99 Å². The predicted molar refractivity (Wildman–Crippen MR) is 69.1 cm³/mol. The summed E-state index contributed by atoms with van der Waals surface area (Å²) < 4.78 is 1.65. The molecule has 0 atom stereocenters. The zero-order valence-corrected chi connectivity index (χ0v) is 11.1. The summed E-state index contributed by atoms with van der Waals surface area (Å²) in [5, 5.41) is 5.01. The number of hydrogen-bond acceptors (Lipinski definition) is 5. The lowest BCUT2D eigenvalue weighted by Gasteiger charge is -2.04. The van der Waals surface area contributed by atoms with Gasteiger partial charge in [0, 0.05) is 20.2 Å². The second-order valence-corrected chi connectivity index (χ2v) is 4.55. The molecule has 90 valence electrons. The van der Waals surface area contributed by atoms with E-state index in [1.54, 1.807) is 10.9 Å². The van der Waals surface area contributed by atoms with Crippen LogP contribution in [0.15, 0.2) is 16.2 Å². The van der Waals surface area contributed by atoms with Crippen molar-refractivity contribution in [3.05, 3.63) is 11.8 Å². The SMILES string of the molecule is CSc1nc(/N=C/N(C)C)n2nc(C)cc2n1. The van der Waals surface area contributed by atoms with Gasteiger partial charge in [-0.3, -0.25) is 0 Å². The molecule has 2 rings (SSSR count). The largest absolute Gasteiger partial charge is 0.369 e. The third-order valence-corrected chi connectivity index (χ3v) is 2.54. The third-order valence-electron chi connectivity index (χ3n) is 1.99. The molecule has 0 bridgehead atoms. The van der Waals surface area contributed by atoms with Crippen LogP contribution >= 0.6 is 11.8 Å². The maximum Gasteiger partial charge on any atom is 0.256 e. The lowest BCUT2D eigenvalue weighted by atomic mass is 10.5. The lowest BCUT2D eigenvalue weighted by molar-refractivity contribution is 0.641. The highest BCUT2D eigenvalue weighted by Gasteiger charge is 2.08. The van der Waals surface area contributed by atoms with E-state index in [1.807, 2.05) is 38.2 Å². The Balaban J connectivity index is 2.58. The highest BCUT2D eigenvalue weighted by Crippen LogP contribution is 2.17. The molecule has 0 aliphatic heterocycles. The molecule has 2 aromatic rings. The highest BCUT2D eigenvalue weighted by molar-refractivity contribution is 7.98. The fourth-order valence-electron chi connectivity index (χ4n) is 1.31. The Morgan fingerprint density at radius 1 is 1.41 bits per heavy atom. The number of rotatable bonds is 3. The fourth-order valence-corrected chi connectivity index (χ4v) is 1.67. The van der Waals surface area contributed by atoms with E-state index in [0.717, 1.165) is 11.3 Å². The monoisotopic (exact) mass is 250 g/mol. The van der Waals surface area contributed by atoms with E-state index in [4.69, 9.17) is 0 Å². The molecule has 0 saturated carbocycles. The number of hydrogen-bond donors (Lipinski definition) is 0. The molecule has 0 aliphatic carbocycles. The Bertz CT molecular complexity index is 559. The summed E-state index contributed by atoms with van der Waals surface area (Å²) in [6, 6.07) is 1.91. The summed E-state index contributed by atoms with van der Waals surface area (Å²) in [5.41, 5.74) is 1.67. The van der Waals surface area contributed by atoms with Crippen molar-refractivity contribution in [1.82, 2.24) is 24.5 Å². The molecular weight excluding hydrogens is 236 g/mol. The van der Waals surface area contributed by atoms with Gasteiger partial charge in [0.25, 0.3) is 5.95 Å². The van der Waals surface area contributed by atoms with Crippen LogP contribution in [0.1, 0.15) is 5.69 Å². The van der Waals surface area contributed by atoms with Gasteiger partial charge < -0.3 is 4.90 Å². The first-order valence-electron chi connectivity index (χ1n) is 5.09. The Morgan fingerprint density at radius 3 is 2.82 bits per heavy atom. The first kappa shape index (κ1) is 11.8. The average molecular weight is 250 g/mol. The van der Waals surface area contributed by atoms with Gasteiger partial charge in [0.05, 0.1) is 12.0 Å². The second-order valence-electron chi connectivity index (χ2n) is 3.77. The maximum absolute atomic E-state index is 4.37. The normalized spacial score (nSPS) is 11.5. The molecule has 0 spiro atoms. The average Bonchev–Trinajstić information content (AvgIpc) is 2.65. The van der Waals surface area contributed by atoms with E-state index in [1.165, 1.54) is 11.8 Å². The molecular formula is C10H14N6S. The quantitative estimate of drug-likeness (QED) is 0.468. The smallest absolute Gasteiger partial charge is 0.256 e. The minimum Gasteiger partial charge on any atom is -0.369 e. The summed E-state index contributed by atoms with van der Waals surface area (Å²) in [4.78, 5) is 14.8. The summed E-state index contributed by atoms with van der Waals surface area (Å²) >= 11 is 1.49. The van der Waals surface area contributed by atoms with E-state index >= 15 is 0 Å². The molecule has 17 heavy (non-hydrogen) atoms. The van der Waals surface area contributed by atoms with Gasteiger partial charge in [-0.15, -0.1) is 0 Å². The molecule has 0 amide bonds. The van der Waals surface area contributed by atoms with Crippen molar-refractivity contribution in [3.63, 3.8) is 0 Å². The Morgan fingerprint density at radius 2 is 2.18 bits per heavy atom. The Labute approximate surface area is 104 Å². The van der Waals surface area contributed by atoms with Crippen molar-refractivity contribution in [1.29, 1.82) is 0 Å². The van der Waals surface area contributed by atoms with Crippen molar-refractivity contribution in [2.45, 2.75) is 12.1 Å². The van der Waals surface area contributed by atoms with Crippen LogP contribution in [-0.4, -0.2) is 51.2 Å². The minimum atomic E-state index is 0.543. The molecule has 0 fully saturated rings. The standard InChI is InChI=1S/C10H14N6S/c1-7-5-8-12-10(17-4)13-9(16(8)14-7)11-6-15(2)3/h5-6H,1-4H3/b11-6+. The van der Waals surface area contributed by atoms with Crippen LogP contribution in [0, 0.1) is 6.92 Å². The Hall–Kier alpha value is -1.63. The zero-order valence-electron chi connectivity index (χ0n) is 10.2. The summed E-state index contributed by atoms with van der Waals surface area (Å²) in [7, 11) is 3.82. The van der Waals surface area contributed by atoms with E-state index in [0.29, 0.717) is 11.1 Å². The van der Waals surface area contributed by atoms with Crippen molar-refractivity contribution < 1.29 is 0 Å². The fraction of sp³-hybridized carbons (Fsp3) is 0.400. The summed E-state index contributed by atoms with van der Waals surface area (Å²) in [6.07, 6.45) is 3.64. The van der Waals surface area contributed by atoms with Gasteiger partial charge in [-0.05, 0) is 13.2 Å². The molecule has 0 aromatic carbocycles. The first-order valence-corrected chi connectivity index (χ1v) is 6.31. The van der Waals surface area contributed by atoms with E-state index in [2.05, 4.69) is 20.1 Å². The van der Waals surface area contributed by atoms with Gasteiger partial charge in [-0.2, -0.15) is 14.6 Å². The third kappa shape index (κ3) is 2.55. The molecule has 0 N–H and O–H groups in total. The summed E-state index contributed by atoms with van der Waals surface area (Å²) in [6.45, 7) is 1.92. The van der Waals surface area contributed by atoms with E-state index in [9.17, 15) is 0 Å². The number of thioether (sulfide) groups is 1. The van der Waals surface area contributed by atoms with Crippen LogP contribution in [0.4, 0.5) is 5.95 Å². The molecule has 0 unspecified atom stereocenters. The van der Waals surface area contributed by atoms with E-state index in [-0.39, 0.29) is 0 Å².